The molecule has 1 N–H and O–H groups in total. The minimum Gasteiger partial charge on any atom is -0.331 e. The topological polar surface area (TPSA) is 20.7 Å². The van der Waals surface area contributed by atoms with Gasteiger partial charge in [0.2, 0.25) is 0 Å². The Labute approximate surface area is 119 Å². The minimum atomic E-state index is -0.392. The van der Waals surface area contributed by atoms with Crippen LogP contribution in [0.5, 0.6) is 0 Å². The van der Waals surface area contributed by atoms with E-state index in [2.05, 4.69) is 4.98 Å². The fourth-order valence-corrected chi connectivity index (χ4v) is 4.03. The number of halogens is 2. The Bertz CT molecular complexity index is 643. The Morgan fingerprint density at radius 2 is 2.11 bits per heavy atom. The van der Waals surface area contributed by atoms with Crippen LogP contribution in [0, 0.1) is 10.6 Å². The van der Waals surface area contributed by atoms with E-state index in [0.29, 0.717) is 10.8 Å². The summed E-state index contributed by atoms with van der Waals surface area (Å²) >= 11 is 13.1. The van der Waals surface area contributed by atoms with Crippen molar-refractivity contribution in [1.29, 1.82) is 0 Å². The summed E-state index contributed by atoms with van der Waals surface area (Å²) in [6, 6.07) is 3.45. The van der Waals surface area contributed by atoms with E-state index in [4.69, 9.17) is 23.8 Å². The van der Waals surface area contributed by atoms with E-state index in [1.165, 1.54) is 6.07 Å². The Kier molecular flexibility index (Phi) is 3.38. The molecule has 0 atom stereocenters. The van der Waals surface area contributed by atoms with Crippen molar-refractivity contribution in [3.63, 3.8) is 0 Å². The summed E-state index contributed by atoms with van der Waals surface area (Å²) in [6.45, 7) is 0. The fourth-order valence-electron chi connectivity index (χ4n) is 2.43. The molecule has 1 aromatic carbocycles. The minimum absolute atomic E-state index is 0.130. The van der Waals surface area contributed by atoms with E-state index in [9.17, 15) is 4.39 Å². The lowest BCUT2D eigenvalue weighted by molar-refractivity contribution is 0.475. The Morgan fingerprint density at radius 3 is 2.83 bits per heavy atom. The van der Waals surface area contributed by atoms with Crippen molar-refractivity contribution in [3.05, 3.63) is 27.7 Å². The Hall–Kier alpha value is -0.520. The third-order valence-electron chi connectivity index (χ3n) is 3.31. The van der Waals surface area contributed by atoms with Gasteiger partial charge in [0.05, 0.1) is 16.1 Å². The van der Waals surface area contributed by atoms with Gasteiger partial charge in [-0.3, -0.25) is 0 Å². The lowest BCUT2D eigenvalue weighted by Gasteiger charge is -2.23. The standard InChI is InChI=1S/C12H12ClFN2S2/c13-8-5-10-11(6-9(8)14)16(12(17)15-10)7-1-3-18-4-2-7/h5-7H,1-4H2,(H,15,17). The van der Waals surface area contributed by atoms with Crippen molar-refractivity contribution in [1.82, 2.24) is 9.55 Å². The first-order valence-corrected chi connectivity index (χ1v) is 7.78. The number of nitrogens with zero attached hydrogens (tertiary/aromatic N) is 1. The first kappa shape index (κ1) is 12.5. The van der Waals surface area contributed by atoms with E-state index in [1.54, 1.807) is 6.07 Å². The fraction of sp³-hybridized carbons (Fsp3) is 0.417. The molecule has 1 saturated heterocycles. The van der Waals surface area contributed by atoms with E-state index in [0.717, 1.165) is 35.4 Å². The highest BCUT2D eigenvalue weighted by atomic mass is 35.5. The largest absolute Gasteiger partial charge is 0.331 e. The quantitative estimate of drug-likeness (QED) is 0.780. The molecule has 1 fully saturated rings. The maximum absolute atomic E-state index is 13.6. The molecule has 1 aromatic heterocycles. The van der Waals surface area contributed by atoms with Crippen LogP contribution in [-0.4, -0.2) is 21.1 Å². The molecule has 0 bridgehead atoms. The summed E-state index contributed by atoms with van der Waals surface area (Å²) < 4.78 is 16.3. The molecule has 0 saturated carbocycles. The lowest BCUT2D eigenvalue weighted by atomic mass is 10.1. The maximum Gasteiger partial charge on any atom is 0.178 e. The van der Waals surface area contributed by atoms with Gasteiger partial charge in [0, 0.05) is 12.1 Å². The number of aromatic nitrogens is 2. The third kappa shape index (κ3) is 2.08. The average Bonchev–Trinajstić information content (AvgIpc) is 2.66. The average molecular weight is 303 g/mol. The van der Waals surface area contributed by atoms with Crippen molar-refractivity contribution in [2.45, 2.75) is 18.9 Å². The lowest BCUT2D eigenvalue weighted by Crippen LogP contribution is -2.15. The second-order valence-corrected chi connectivity index (χ2v) is 6.45. The van der Waals surface area contributed by atoms with Crippen LogP contribution in [-0.2, 0) is 0 Å². The molecule has 3 rings (SSSR count). The van der Waals surface area contributed by atoms with Crippen molar-refractivity contribution < 1.29 is 4.39 Å². The summed E-state index contributed by atoms with van der Waals surface area (Å²) in [5.74, 6) is 1.88. The van der Waals surface area contributed by atoms with Crippen molar-refractivity contribution in [2.24, 2.45) is 0 Å². The molecule has 2 heterocycles. The predicted molar refractivity (Wildman–Crippen MR) is 77.7 cm³/mol. The van der Waals surface area contributed by atoms with Crippen LogP contribution < -0.4 is 0 Å². The van der Waals surface area contributed by atoms with E-state index < -0.39 is 5.82 Å². The maximum atomic E-state index is 13.6. The van der Waals surface area contributed by atoms with Crippen molar-refractivity contribution in [3.8, 4) is 0 Å². The third-order valence-corrected chi connectivity index (χ3v) is 4.95. The zero-order valence-electron chi connectivity index (χ0n) is 9.58. The van der Waals surface area contributed by atoms with Gasteiger partial charge < -0.3 is 9.55 Å². The number of aromatic amines is 1. The first-order chi connectivity index (χ1) is 8.66. The monoisotopic (exact) mass is 302 g/mol. The first-order valence-electron chi connectivity index (χ1n) is 5.84. The van der Waals surface area contributed by atoms with Gasteiger partial charge in [-0.05, 0) is 42.6 Å². The number of hydrogen-bond donors (Lipinski definition) is 1. The Balaban J connectivity index is 2.18. The van der Waals surface area contributed by atoms with Gasteiger partial charge in [-0.2, -0.15) is 11.8 Å². The number of rotatable bonds is 1. The number of fused-ring (bicyclic) bond motifs is 1. The van der Waals surface area contributed by atoms with Crippen LogP contribution in [0.1, 0.15) is 18.9 Å². The number of benzene rings is 1. The summed E-state index contributed by atoms with van der Waals surface area (Å²) in [7, 11) is 0. The number of H-pyrrole nitrogens is 1. The van der Waals surface area contributed by atoms with Gasteiger partial charge in [0.25, 0.3) is 0 Å². The summed E-state index contributed by atoms with van der Waals surface area (Å²) in [6.07, 6.45) is 2.16. The molecule has 96 valence electrons. The van der Waals surface area contributed by atoms with Crippen LogP contribution in [0.4, 0.5) is 4.39 Å². The second-order valence-electron chi connectivity index (χ2n) is 4.43. The molecule has 0 unspecified atom stereocenters. The van der Waals surface area contributed by atoms with Gasteiger partial charge in [-0.15, -0.1) is 0 Å². The van der Waals surface area contributed by atoms with E-state index in [1.807, 2.05) is 16.3 Å². The molecule has 2 nitrogen and oxygen atoms in total. The van der Waals surface area contributed by atoms with E-state index in [-0.39, 0.29) is 5.02 Å². The van der Waals surface area contributed by atoms with Crippen LogP contribution in [0.25, 0.3) is 11.0 Å². The van der Waals surface area contributed by atoms with Gasteiger partial charge in [-0.25, -0.2) is 4.39 Å². The molecule has 18 heavy (non-hydrogen) atoms. The SMILES string of the molecule is Fc1cc2c(cc1Cl)[nH]c(=S)n2C1CCSCC1. The molecular formula is C12H12ClFN2S2. The highest BCUT2D eigenvalue weighted by Gasteiger charge is 2.19. The highest BCUT2D eigenvalue weighted by Crippen LogP contribution is 2.31. The van der Waals surface area contributed by atoms with Crippen LogP contribution in [0.2, 0.25) is 5.02 Å². The zero-order valence-corrected chi connectivity index (χ0v) is 12.0. The molecule has 1 aliphatic heterocycles. The van der Waals surface area contributed by atoms with Crippen molar-refractivity contribution in [2.75, 3.05) is 11.5 Å². The summed E-state index contributed by atoms with van der Waals surface area (Å²) in [4.78, 5) is 3.11. The number of nitrogens with one attached hydrogen (secondary N) is 1. The molecule has 1 aliphatic rings. The van der Waals surface area contributed by atoms with Crippen LogP contribution >= 0.6 is 35.6 Å². The number of thioether (sulfide) groups is 1. The predicted octanol–water partition coefficient (Wildman–Crippen LogP) is 4.56. The number of hydrogen-bond acceptors (Lipinski definition) is 2. The van der Waals surface area contributed by atoms with Gasteiger partial charge in [-0.1, -0.05) is 11.6 Å². The van der Waals surface area contributed by atoms with Crippen LogP contribution in [0.15, 0.2) is 12.1 Å². The summed E-state index contributed by atoms with van der Waals surface area (Å²) in [5, 5.41) is 0.130. The second kappa shape index (κ2) is 4.87. The van der Waals surface area contributed by atoms with Crippen molar-refractivity contribution >= 4 is 46.6 Å². The van der Waals surface area contributed by atoms with Gasteiger partial charge >= 0.3 is 0 Å². The highest BCUT2D eigenvalue weighted by molar-refractivity contribution is 7.99. The normalized spacial score (nSPS) is 17.4. The molecule has 2 aromatic rings. The molecule has 0 radical (unpaired) electrons. The molecule has 0 aliphatic carbocycles. The van der Waals surface area contributed by atoms with Gasteiger partial charge in [0.15, 0.2) is 4.77 Å². The Morgan fingerprint density at radius 1 is 1.39 bits per heavy atom. The molecular weight excluding hydrogens is 291 g/mol. The molecule has 0 spiro atoms. The molecule has 0 amide bonds. The zero-order chi connectivity index (χ0) is 12.7. The van der Waals surface area contributed by atoms with Crippen LogP contribution in [0.3, 0.4) is 0 Å². The van der Waals surface area contributed by atoms with E-state index >= 15 is 0 Å². The van der Waals surface area contributed by atoms with Gasteiger partial charge in [0.1, 0.15) is 5.82 Å². The smallest absolute Gasteiger partial charge is 0.178 e. The number of imidazole rings is 1. The molecule has 6 heteroatoms. The summed E-state index contributed by atoms with van der Waals surface area (Å²) in [5.41, 5.74) is 1.63.